The smallest absolute Gasteiger partial charge is 0.0537 e. The Morgan fingerprint density at radius 3 is 2.81 bits per heavy atom. The summed E-state index contributed by atoms with van der Waals surface area (Å²) in [4.78, 5) is 0. The molecule has 0 aliphatic carbocycles. The number of aryl methyl sites for hydroxylation is 1. The molecule has 1 aromatic rings. The number of rotatable bonds is 8. The third kappa shape index (κ3) is 4.58. The Balaban J connectivity index is 2.05. The van der Waals surface area contributed by atoms with Crippen LogP contribution >= 0.6 is 11.8 Å². The fourth-order valence-electron chi connectivity index (χ4n) is 1.61. The second-order valence-electron chi connectivity index (χ2n) is 4.11. The highest BCUT2D eigenvalue weighted by Gasteiger charge is 2.01. The summed E-state index contributed by atoms with van der Waals surface area (Å²) in [5.41, 5.74) is 2.57. The first-order valence-corrected chi connectivity index (χ1v) is 7.32. The van der Waals surface area contributed by atoms with Gasteiger partial charge in [0.25, 0.3) is 0 Å². The zero-order valence-corrected chi connectivity index (χ0v) is 11.4. The topological polar surface area (TPSA) is 29.9 Å². The van der Waals surface area contributed by atoms with Crippen LogP contribution in [0.4, 0.5) is 0 Å². The lowest BCUT2D eigenvalue weighted by Crippen LogP contribution is -2.15. The standard InChI is InChI=1S/C12H23N3S/c1-11-12(10-14-15(11)2)9-13-7-5-4-6-8-16-3/h10,13H,4-9H2,1-3H3. The summed E-state index contributed by atoms with van der Waals surface area (Å²) >= 11 is 1.94. The molecule has 0 saturated carbocycles. The molecule has 0 bridgehead atoms. The van der Waals surface area contributed by atoms with E-state index in [0.29, 0.717) is 0 Å². The van der Waals surface area contributed by atoms with E-state index in [9.17, 15) is 0 Å². The van der Waals surface area contributed by atoms with Crippen molar-refractivity contribution in [2.24, 2.45) is 7.05 Å². The summed E-state index contributed by atoms with van der Waals surface area (Å²) in [6.07, 6.45) is 8.08. The second-order valence-corrected chi connectivity index (χ2v) is 5.09. The Kier molecular flexibility index (Phi) is 6.57. The van der Waals surface area contributed by atoms with Crippen molar-refractivity contribution >= 4 is 11.8 Å². The molecule has 3 nitrogen and oxygen atoms in total. The summed E-state index contributed by atoms with van der Waals surface area (Å²) < 4.78 is 1.93. The average Bonchev–Trinajstić information content (AvgIpc) is 2.59. The maximum Gasteiger partial charge on any atom is 0.0537 e. The number of thioether (sulfide) groups is 1. The summed E-state index contributed by atoms with van der Waals surface area (Å²) in [6.45, 7) is 4.17. The minimum Gasteiger partial charge on any atom is -0.313 e. The van der Waals surface area contributed by atoms with Gasteiger partial charge in [-0.3, -0.25) is 4.68 Å². The zero-order chi connectivity index (χ0) is 11.8. The van der Waals surface area contributed by atoms with Gasteiger partial charge in [-0.25, -0.2) is 0 Å². The molecule has 92 valence electrons. The third-order valence-corrected chi connectivity index (χ3v) is 3.55. The molecule has 0 aliphatic rings. The van der Waals surface area contributed by atoms with Crippen LogP contribution in [0.2, 0.25) is 0 Å². The number of nitrogens with one attached hydrogen (secondary N) is 1. The lowest BCUT2D eigenvalue weighted by Gasteiger charge is -2.04. The summed E-state index contributed by atoms with van der Waals surface area (Å²) in [5, 5.41) is 7.70. The minimum absolute atomic E-state index is 0.947. The highest BCUT2D eigenvalue weighted by atomic mass is 32.2. The van der Waals surface area contributed by atoms with Crippen molar-refractivity contribution in [3.05, 3.63) is 17.5 Å². The normalized spacial score (nSPS) is 10.9. The van der Waals surface area contributed by atoms with Crippen LogP contribution in [-0.4, -0.2) is 28.3 Å². The number of hydrogen-bond donors (Lipinski definition) is 1. The summed E-state index contributed by atoms with van der Waals surface area (Å²) in [7, 11) is 1.99. The molecule has 4 heteroatoms. The number of aromatic nitrogens is 2. The van der Waals surface area contributed by atoms with Crippen molar-refractivity contribution in [2.45, 2.75) is 32.7 Å². The Morgan fingerprint density at radius 1 is 1.38 bits per heavy atom. The molecule has 0 unspecified atom stereocenters. The van der Waals surface area contributed by atoms with Crippen LogP contribution in [0.5, 0.6) is 0 Å². The quantitative estimate of drug-likeness (QED) is 0.709. The van der Waals surface area contributed by atoms with E-state index in [1.54, 1.807) is 0 Å². The van der Waals surface area contributed by atoms with Crippen molar-refractivity contribution < 1.29 is 0 Å². The largest absolute Gasteiger partial charge is 0.313 e. The van der Waals surface area contributed by atoms with Crippen LogP contribution in [0, 0.1) is 6.92 Å². The van der Waals surface area contributed by atoms with E-state index in [0.717, 1.165) is 13.1 Å². The molecule has 0 spiro atoms. The molecule has 16 heavy (non-hydrogen) atoms. The monoisotopic (exact) mass is 241 g/mol. The van der Waals surface area contributed by atoms with Gasteiger partial charge < -0.3 is 5.32 Å². The molecular weight excluding hydrogens is 218 g/mol. The van der Waals surface area contributed by atoms with Crippen LogP contribution in [0.1, 0.15) is 30.5 Å². The fraction of sp³-hybridized carbons (Fsp3) is 0.750. The van der Waals surface area contributed by atoms with E-state index in [4.69, 9.17) is 0 Å². The lowest BCUT2D eigenvalue weighted by molar-refractivity contribution is 0.616. The van der Waals surface area contributed by atoms with Crippen molar-refractivity contribution in [3.8, 4) is 0 Å². The van der Waals surface area contributed by atoms with Gasteiger partial charge in [-0.15, -0.1) is 0 Å². The maximum absolute atomic E-state index is 4.23. The SMILES string of the molecule is CSCCCCCNCc1cnn(C)c1C. The van der Waals surface area contributed by atoms with Crippen molar-refractivity contribution in [2.75, 3.05) is 18.6 Å². The number of unbranched alkanes of at least 4 members (excludes halogenated alkanes) is 2. The lowest BCUT2D eigenvalue weighted by atomic mass is 10.2. The Bertz CT molecular complexity index is 296. The van der Waals surface area contributed by atoms with Crippen molar-refractivity contribution in [1.29, 1.82) is 0 Å². The Morgan fingerprint density at radius 2 is 2.19 bits per heavy atom. The first-order chi connectivity index (χ1) is 7.75. The third-order valence-electron chi connectivity index (χ3n) is 2.85. The summed E-state index contributed by atoms with van der Waals surface area (Å²) in [5.74, 6) is 1.29. The summed E-state index contributed by atoms with van der Waals surface area (Å²) in [6, 6.07) is 0. The van der Waals surface area contributed by atoms with Gasteiger partial charge in [0, 0.05) is 24.8 Å². The number of hydrogen-bond acceptors (Lipinski definition) is 3. The van der Waals surface area contributed by atoms with Crippen LogP contribution < -0.4 is 5.32 Å². The number of nitrogens with zero attached hydrogens (tertiary/aromatic N) is 2. The highest BCUT2D eigenvalue weighted by Crippen LogP contribution is 2.05. The van der Waals surface area contributed by atoms with E-state index < -0.39 is 0 Å². The van der Waals surface area contributed by atoms with Crippen LogP contribution in [0.25, 0.3) is 0 Å². The first-order valence-electron chi connectivity index (χ1n) is 5.93. The van der Waals surface area contributed by atoms with Gasteiger partial charge >= 0.3 is 0 Å². The average molecular weight is 241 g/mol. The molecule has 1 aromatic heterocycles. The molecule has 0 atom stereocenters. The highest BCUT2D eigenvalue weighted by molar-refractivity contribution is 7.98. The minimum atomic E-state index is 0.947. The first kappa shape index (κ1) is 13.6. The molecule has 1 rings (SSSR count). The van der Waals surface area contributed by atoms with Gasteiger partial charge in [0.2, 0.25) is 0 Å². The van der Waals surface area contributed by atoms with Gasteiger partial charge in [-0.1, -0.05) is 6.42 Å². The van der Waals surface area contributed by atoms with E-state index in [2.05, 4.69) is 23.6 Å². The second kappa shape index (κ2) is 7.74. The predicted molar refractivity (Wildman–Crippen MR) is 71.9 cm³/mol. The van der Waals surface area contributed by atoms with E-state index in [-0.39, 0.29) is 0 Å². The van der Waals surface area contributed by atoms with Gasteiger partial charge in [0.05, 0.1) is 6.20 Å². The van der Waals surface area contributed by atoms with Gasteiger partial charge in [-0.05, 0) is 38.3 Å². The molecule has 1 N–H and O–H groups in total. The van der Waals surface area contributed by atoms with Crippen LogP contribution in [0.3, 0.4) is 0 Å². The molecule has 0 aromatic carbocycles. The molecular formula is C12H23N3S. The molecule has 1 heterocycles. The zero-order valence-electron chi connectivity index (χ0n) is 10.6. The van der Waals surface area contributed by atoms with Crippen LogP contribution in [-0.2, 0) is 13.6 Å². The molecule has 0 radical (unpaired) electrons. The van der Waals surface area contributed by atoms with E-state index in [1.165, 1.54) is 36.3 Å². The van der Waals surface area contributed by atoms with Gasteiger partial charge in [-0.2, -0.15) is 16.9 Å². The van der Waals surface area contributed by atoms with Gasteiger partial charge in [0.15, 0.2) is 0 Å². The van der Waals surface area contributed by atoms with Crippen LogP contribution in [0.15, 0.2) is 6.20 Å². The fourth-order valence-corrected chi connectivity index (χ4v) is 2.11. The van der Waals surface area contributed by atoms with E-state index in [1.807, 2.05) is 29.7 Å². The molecule has 0 amide bonds. The Labute approximate surface area is 103 Å². The maximum atomic E-state index is 4.23. The van der Waals surface area contributed by atoms with E-state index >= 15 is 0 Å². The van der Waals surface area contributed by atoms with Crippen molar-refractivity contribution in [3.63, 3.8) is 0 Å². The molecule has 0 aliphatic heterocycles. The van der Waals surface area contributed by atoms with Gasteiger partial charge in [0.1, 0.15) is 0 Å². The Hall–Kier alpha value is -0.480. The predicted octanol–water partition coefficient (Wildman–Crippen LogP) is 2.35. The van der Waals surface area contributed by atoms with Crippen molar-refractivity contribution in [1.82, 2.24) is 15.1 Å². The molecule has 0 saturated heterocycles. The molecule has 0 fully saturated rings.